The maximum absolute atomic E-state index is 6.14. The Hall–Kier alpha value is -2.53. The van der Waals surface area contributed by atoms with E-state index in [1.54, 1.807) is 6.20 Å². The highest BCUT2D eigenvalue weighted by atomic mass is 16.5. The number of hydrogen-bond donors (Lipinski definition) is 1. The van der Waals surface area contributed by atoms with Crippen molar-refractivity contribution in [3.63, 3.8) is 0 Å². The summed E-state index contributed by atoms with van der Waals surface area (Å²) in [4.78, 5) is 8.65. The standard InChI is InChI=1S/C16H16N4O/c1-11-6-5-9-18-14(11)15-19-16(21-20-15)13(17)10-12-7-3-2-4-8-12/h2-9,13H,10,17H2,1H3. The second kappa shape index (κ2) is 5.85. The van der Waals surface area contributed by atoms with E-state index in [2.05, 4.69) is 15.1 Å². The highest BCUT2D eigenvalue weighted by Crippen LogP contribution is 2.20. The van der Waals surface area contributed by atoms with Crippen LogP contribution in [0.15, 0.2) is 53.2 Å². The van der Waals surface area contributed by atoms with E-state index in [9.17, 15) is 0 Å². The van der Waals surface area contributed by atoms with Crippen molar-refractivity contribution in [1.29, 1.82) is 0 Å². The van der Waals surface area contributed by atoms with Crippen molar-refractivity contribution in [3.05, 3.63) is 65.7 Å². The number of aryl methyl sites for hydroxylation is 1. The van der Waals surface area contributed by atoms with Gasteiger partial charge in [-0.1, -0.05) is 41.6 Å². The minimum absolute atomic E-state index is 0.322. The lowest BCUT2D eigenvalue weighted by atomic mass is 10.1. The highest BCUT2D eigenvalue weighted by molar-refractivity contribution is 5.53. The fourth-order valence-corrected chi connectivity index (χ4v) is 2.16. The average Bonchev–Trinajstić information content (AvgIpc) is 2.98. The van der Waals surface area contributed by atoms with Crippen molar-refractivity contribution < 1.29 is 4.52 Å². The van der Waals surface area contributed by atoms with Crippen molar-refractivity contribution in [3.8, 4) is 11.5 Å². The number of hydrogen-bond acceptors (Lipinski definition) is 5. The summed E-state index contributed by atoms with van der Waals surface area (Å²) in [5.74, 6) is 0.908. The van der Waals surface area contributed by atoms with Gasteiger partial charge in [-0.3, -0.25) is 4.98 Å². The first kappa shape index (κ1) is 13.5. The van der Waals surface area contributed by atoms with Crippen LogP contribution < -0.4 is 5.73 Å². The molecule has 0 fully saturated rings. The van der Waals surface area contributed by atoms with Gasteiger partial charge in [-0.25, -0.2) is 0 Å². The van der Waals surface area contributed by atoms with Crippen molar-refractivity contribution >= 4 is 0 Å². The predicted molar refractivity (Wildman–Crippen MR) is 79.3 cm³/mol. The van der Waals surface area contributed by atoms with Gasteiger partial charge in [0.15, 0.2) is 0 Å². The molecule has 1 aromatic carbocycles. The van der Waals surface area contributed by atoms with E-state index in [0.717, 1.165) is 16.8 Å². The molecule has 2 N–H and O–H groups in total. The molecule has 0 bridgehead atoms. The molecule has 0 aliphatic rings. The topological polar surface area (TPSA) is 77.8 Å². The Morgan fingerprint density at radius 3 is 2.71 bits per heavy atom. The summed E-state index contributed by atoms with van der Waals surface area (Å²) in [6.07, 6.45) is 2.37. The van der Waals surface area contributed by atoms with Crippen LogP contribution in [0.3, 0.4) is 0 Å². The summed E-state index contributed by atoms with van der Waals surface area (Å²) < 4.78 is 5.28. The fraction of sp³-hybridized carbons (Fsp3) is 0.188. The number of aromatic nitrogens is 3. The van der Waals surface area contributed by atoms with E-state index in [1.165, 1.54) is 0 Å². The van der Waals surface area contributed by atoms with Crippen LogP contribution in [-0.2, 0) is 6.42 Å². The average molecular weight is 280 g/mol. The third-order valence-corrected chi connectivity index (χ3v) is 3.28. The molecular formula is C16H16N4O. The van der Waals surface area contributed by atoms with Crippen molar-refractivity contribution in [2.45, 2.75) is 19.4 Å². The molecule has 0 amide bonds. The molecule has 106 valence electrons. The molecule has 0 saturated heterocycles. The van der Waals surface area contributed by atoms with E-state index in [-0.39, 0.29) is 6.04 Å². The summed E-state index contributed by atoms with van der Waals surface area (Å²) >= 11 is 0. The number of rotatable bonds is 4. The molecule has 3 aromatic rings. The Labute approximate surface area is 122 Å². The van der Waals surface area contributed by atoms with Gasteiger partial charge in [-0.05, 0) is 30.5 Å². The summed E-state index contributed by atoms with van der Waals surface area (Å²) in [6, 6.07) is 13.5. The smallest absolute Gasteiger partial charge is 0.244 e. The molecule has 0 radical (unpaired) electrons. The first-order valence-corrected chi connectivity index (χ1v) is 6.79. The Balaban J connectivity index is 1.80. The summed E-state index contributed by atoms with van der Waals surface area (Å²) in [5, 5.41) is 3.98. The van der Waals surface area contributed by atoms with Crippen LogP contribution in [-0.4, -0.2) is 15.1 Å². The SMILES string of the molecule is Cc1cccnc1-c1noc(C(N)Cc2ccccc2)n1. The minimum Gasteiger partial charge on any atom is -0.337 e. The fourth-order valence-electron chi connectivity index (χ4n) is 2.16. The van der Waals surface area contributed by atoms with Gasteiger partial charge in [0, 0.05) is 6.20 Å². The van der Waals surface area contributed by atoms with Gasteiger partial charge >= 0.3 is 0 Å². The molecule has 1 unspecified atom stereocenters. The Morgan fingerprint density at radius 1 is 1.14 bits per heavy atom. The maximum Gasteiger partial charge on any atom is 0.244 e. The van der Waals surface area contributed by atoms with Gasteiger partial charge in [0.05, 0.1) is 6.04 Å². The van der Waals surface area contributed by atoms with Gasteiger partial charge in [0.2, 0.25) is 11.7 Å². The number of nitrogens with two attached hydrogens (primary N) is 1. The van der Waals surface area contributed by atoms with Crippen molar-refractivity contribution in [2.75, 3.05) is 0 Å². The number of nitrogens with zero attached hydrogens (tertiary/aromatic N) is 3. The maximum atomic E-state index is 6.14. The van der Waals surface area contributed by atoms with Crippen molar-refractivity contribution in [2.24, 2.45) is 5.73 Å². The van der Waals surface area contributed by atoms with Gasteiger partial charge in [0.1, 0.15) is 5.69 Å². The van der Waals surface area contributed by atoms with E-state index in [4.69, 9.17) is 10.3 Å². The predicted octanol–water partition coefficient (Wildman–Crippen LogP) is 2.68. The molecule has 0 saturated carbocycles. The van der Waals surface area contributed by atoms with Crippen LogP contribution in [0.25, 0.3) is 11.5 Å². The number of benzene rings is 1. The van der Waals surface area contributed by atoms with Crippen LogP contribution in [0.5, 0.6) is 0 Å². The normalized spacial score (nSPS) is 12.3. The molecule has 0 aliphatic heterocycles. The van der Waals surface area contributed by atoms with E-state index < -0.39 is 0 Å². The zero-order valence-corrected chi connectivity index (χ0v) is 11.7. The second-order valence-corrected chi connectivity index (χ2v) is 4.92. The molecule has 1 atom stereocenters. The third kappa shape index (κ3) is 2.98. The van der Waals surface area contributed by atoms with E-state index in [1.807, 2.05) is 49.4 Å². The number of pyridine rings is 1. The quantitative estimate of drug-likeness (QED) is 0.795. The Bertz CT molecular complexity index is 724. The minimum atomic E-state index is -0.322. The Morgan fingerprint density at radius 2 is 1.95 bits per heavy atom. The van der Waals surface area contributed by atoms with Gasteiger partial charge < -0.3 is 10.3 Å². The zero-order chi connectivity index (χ0) is 14.7. The summed E-state index contributed by atoms with van der Waals surface area (Å²) in [6.45, 7) is 1.96. The van der Waals surface area contributed by atoms with Crippen molar-refractivity contribution in [1.82, 2.24) is 15.1 Å². The second-order valence-electron chi connectivity index (χ2n) is 4.92. The molecule has 2 aromatic heterocycles. The molecule has 0 aliphatic carbocycles. The molecular weight excluding hydrogens is 264 g/mol. The molecule has 0 spiro atoms. The van der Waals surface area contributed by atoms with Crippen LogP contribution in [0.1, 0.15) is 23.1 Å². The van der Waals surface area contributed by atoms with E-state index in [0.29, 0.717) is 18.1 Å². The van der Waals surface area contributed by atoms with Crippen LogP contribution in [0.2, 0.25) is 0 Å². The van der Waals surface area contributed by atoms with Crippen LogP contribution >= 0.6 is 0 Å². The Kier molecular flexibility index (Phi) is 3.75. The van der Waals surface area contributed by atoms with Crippen LogP contribution in [0.4, 0.5) is 0 Å². The molecule has 21 heavy (non-hydrogen) atoms. The molecule has 3 rings (SSSR count). The van der Waals surface area contributed by atoms with Gasteiger partial charge in [-0.15, -0.1) is 0 Å². The van der Waals surface area contributed by atoms with E-state index >= 15 is 0 Å². The summed E-state index contributed by atoms with van der Waals surface area (Å²) in [5.41, 5.74) is 9.00. The summed E-state index contributed by atoms with van der Waals surface area (Å²) in [7, 11) is 0. The lowest BCUT2D eigenvalue weighted by molar-refractivity contribution is 0.354. The monoisotopic (exact) mass is 280 g/mol. The first-order chi connectivity index (χ1) is 10.2. The lowest BCUT2D eigenvalue weighted by Gasteiger charge is -2.06. The first-order valence-electron chi connectivity index (χ1n) is 6.79. The van der Waals surface area contributed by atoms with Crippen LogP contribution in [0, 0.1) is 6.92 Å². The molecule has 5 nitrogen and oxygen atoms in total. The molecule has 5 heteroatoms. The highest BCUT2D eigenvalue weighted by Gasteiger charge is 2.17. The largest absolute Gasteiger partial charge is 0.337 e. The van der Waals surface area contributed by atoms with Gasteiger partial charge in [0.25, 0.3) is 0 Å². The van der Waals surface area contributed by atoms with Gasteiger partial charge in [-0.2, -0.15) is 4.98 Å². The molecule has 2 heterocycles. The zero-order valence-electron chi connectivity index (χ0n) is 11.7. The third-order valence-electron chi connectivity index (χ3n) is 3.28. The lowest BCUT2D eigenvalue weighted by Crippen LogP contribution is -2.13.